The molecule has 0 heterocycles. The summed E-state index contributed by atoms with van der Waals surface area (Å²) in [7, 11) is 0. The van der Waals surface area contributed by atoms with Crippen LogP contribution < -0.4 is 0 Å². The lowest BCUT2D eigenvalue weighted by molar-refractivity contribution is 0.882. The Labute approximate surface area is 58.0 Å². The maximum absolute atomic E-state index is 5.07. The molecule has 0 spiro atoms. The van der Waals surface area contributed by atoms with Crippen molar-refractivity contribution in [2.75, 3.05) is 0 Å². The molecule has 0 amide bonds. The molecule has 50 valence electrons. The molecule has 0 rings (SSSR count). The Balaban J connectivity index is 2.92. The van der Waals surface area contributed by atoms with E-state index in [9.17, 15) is 0 Å². The zero-order valence-corrected chi connectivity index (χ0v) is 6.06. The highest BCUT2D eigenvalue weighted by Gasteiger charge is 1.77. The summed E-state index contributed by atoms with van der Waals surface area (Å²) in [5.41, 5.74) is 0. The summed E-state index contributed by atoms with van der Waals surface area (Å²) < 4.78 is 0. The molecule has 0 bridgehead atoms. The largest absolute Gasteiger partial charge is 0.120 e. The zero-order valence-electron chi connectivity index (χ0n) is 6.06. The smallest absolute Gasteiger partial charge is 0.00890 e. The van der Waals surface area contributed by atoms with Gasteiger partial charge in [-0.05, 0) is 19.3 Å². The second kappa shape index (κ2) is 7.30. The lowest BCUT2D eigenvalue weighted by atomic mass is 10.2. The Kier molecular flexibility index (Phi) is 6.73. The highest BCUT2D eigenvalue weighted by Crippen LogP contribution is 1.95. The van der Waals surface area contributed by atoms with Crippen molar-refractivity contribution in [2.45, 2.75) is 32.6 Å². The van der Waals surface area contributed by atoms with Crippen molar-refractivity contribution >= 4 is 0 Å². The van der Waals surface area contributed by atoms with Gasteiger partial charge in [-0.15, -0.1) is 12.3 Å². The Morgan fingerprint density at radius 3 is 2.78 bits per heavy atom. The fourth-order valence-electron chi connectivity index (χ4n) is 0.606. The Bertz CT molecular complexity index is 104. The highest BCUT2D eigenvalue weighted by atomic mass is 13.8. The predicted molar refractivity (Wildman–Crippen MR) is 42.1 cm³/mol. The molecule has 0 saturated heterocycles. The first-order valence-electron chi connectivity index (χ1n) is 3.50. The number of hydrogen-bond donors (Lipinski definition) is 0. The molecular formula is C9H14. The standard InChI is InChI=1S/C9H14/c1-3-5-7-9-8-6-4-2/h1,6,8H,4-5,7,9H2,2H3/b8-6+. The normalized spacial score (nSPS) is 9.78. The molecule has 0 fully saturated rings. The van der Waals surface area contributed by atoms with Crippen molar-refractivity contribution in [3.05, 3.63) is 12.2 Å². The van der Waals surface area contributed by atoms with E-state index in [0.717, 1.165) is 25.7 Å². The molecule has 0 aliphatic rings. The third-order valence-electron chi connectivity index (χ3n) is 1.09. The molecular weight excluding hydrogens is 108 g/mol. The number of allylic oxidation sites excluding steroid dienone is 2. The van der Waals surface area contributed by atoms with E-state index < -0.39 is 0 Å². The second-order valence-electron chi connectivity index (χ2n) is 1.98. The van der Waals surface area contributed by atoms with Gasteiger partial charge in [-0.1, -0.05) is 19.1 Å². The highest BCUT2D eigenvalue weighted by molar-refractivity contribution is 4.86. The van der Waals surface area contributed by atoms with Crippen molar-refractivity contribution in [3.63, 3.8) is 0 Å². The van der Waals surface area contributed by atoms with Crippen molar-refractivity contribution in [2.24, 2.45) is 0 Å². The minimum absolute atomic E-state index is 0.911. The van der Waals surface area contributed by atoms with Crippen LogP contribution in [0.25, 0.3) is 0 Å². The zero-order chi connectivity index (χ0) is 6.95. The molecule has 9 heavy (non-hydrogen) atoms. The average molecular weight is 122 g/mol. The summed E-state index contributed by atoms with van der Waals surface area (Å²) in [5, 5.41) is 0. The van der Waals surface area contributed by atoms with Crippen LogP contribution in [-0.4, -0.2) is 0 Å². The van der Waals surface area contributed by atoms with Crippen molar-refractivity contribution in [3.8, 4) is 12.3 Å². The predicted octanol–water partition coefficient (Wildman–Crippen LogP) is 2.76. The molecule has 0 nitrogen and oxygen atoms in total. The van der Waals surface area contributed by atoms with Gasteiger partial charge in [0.1, 0.15) is 0 Å². The van der Waals surface area contributed by atoms with Gasteiger partial charge < -0.3 is 0 Å². The molecule has 0 aromatic rings. The van der Waals surface area contributed by atoms with Crippen LogP contribution in [0.2, 0.25) is 0 Å². The number of unbranched alkanes of at least 4 members (excludes halogenated alkanes) is 2. The van der Waals surface area contributed by atoms with Gasteiger partial charge in [-0.25, -0.2) is 0 Å². The summed E-state index contributed by atoms with van der Waals surface area (Å²) in [5.74, 6) is 2.61. The second-order valence-corrected chi connectivity index (χ2v) is 1.98. The summed E-state index contributed by atoms with van der Waals surface area (Å²) in [6.45, 7) is 2.14. The number of hydrogen-bond acceptors (Lipinski definition) is 0. The van der Waals surface area contributed by atoms with E-state index in [0.29, 0.717) is 0 Å². The van der Waals surface area contributed by atoms with Crippen LogP contribution in [0.15, 0.2) is 12.2 Å². The van der Waals surface area contributed by atoms with Crippen molar-refractivity contribution in [1.82, 2.24) is 0 Å². The molecule has 0 N–H and O–H groups in total. The quantitative estimate of drug-likeness (QED) is 0.305. The summed E-state index contributed by atoms with van der Waals surface area (Å²) in [6, 6.07) is 0. The van der Waals surface area contributed by atoms with Gasteiger partial charge in [-0.2, -0.15) is 0 Å². The van der Waals surface area contributed by atoms with Crippen LogP contribution in [0.5, 0.6) is 0 Å². The summed E-state index contributed by atoms with van der Waals surface area (Å²) >= 11 is 0. The Hall–Kier alpha value is -0.700. The van der Waals surface area contributed by atoms with Crippen LogP contribution >= 0.6 is 0 Å². The van der Waals surface area contributed by atoms with Gasteiger partial charge in [-0.3, -0.25) is 0 Å². The van der Waals surface area contributed by atoms with Crippen LogP contribution in [0.4, 0.5) is 0 Å². The lowest BCUT2D eigenvalue weighted by Gasteiger charge is -1.85. The first kappa shape index (κ1) is 8.30. The summed E-state index contributed by atoms with van der Waals surface area (Å²) in [6.07, 6.45) is 13.8. The first-order chi connectivity index (χ1) is 4.41. The monoisotopic (exact) mass is 122 g/mol. The van der Waals surface area contributed by atoms with E-state index in [-0.39, 0.29) is 0 Å². The fourth-order valence-corrected chi connectivity index (χ4v) is 0.606. The van der Waals surface area contributed by atoms with Gasteiger partial charge in [0.25, 0.3) is 0 Å². The topological polar surface area (TPSA) is 0 Å². The third kappa shape index (κ3) is 7.30. The fraction of sp³-hybridized carbons (Fsp3) is 0.556. The van der Waals surface area contributed by atoms with E-state index >= 15 is 0 Å². The van der Waals surface area contributed by atoms with Gasteiger partial charge in [0.05, 0.1) is 0 Å². The first-order valence-corrected chi connectivity index (χ1v) is 3.50. The molecule has 0 radical (unpaired) electrons. The molecule has 0 heteroatoms. The van der Waals surface area contributed by atoms with Crippen LogP contribution in [0, 0.1) is 12.3 Å². The summed E-state index contributed by atoms with van der Waals surface area (Å²) in [4.78, 5) is 0. The molecule has 0 aromatic carbocycles. The molecule has 0 unspecified atom stereocenters. The van der Waals surface area contributed by atoms with E-state index in [1.54, 1.807) is 0 Å². The van der Waals surface area contributed by atoms with Crippen molar-refractivity contribution in [1.29, 1.82) is 0 Å². The number of terminal acetylenes is 1. The lowest BCUT2D eigenvalue weighted by Crippen LogP contribution is -1.67. The Morgan fingerprint density at radius 2 is 2.22 bits per heavy atom. The van der Waals surface area contributed by atoms with Crippen LogP contribution in [0.3, 0.4) is 0 Å². The van der Waals surface area contributed by atoms with Crippen LogP contribution in [-0.2, 0) is 0 Å². The van der Waals surface area contributed by atoms with Gasteiger partial charge in [0.15, 0.2) is 0 Å². The maximum Gasteiger partial charge on any atom is 0.00890 e. The molecule has 0 atom stereocenters. The number of rotatable bonds is 4. The molecule has 0 saturated carbocycles. The minimum Gasteiger partial charge on any atom is -0.120 e. The van der Waals surface area contributed by atoms with E-state index in [2.05, 4.69) is 25.0 Å². The Morgan fingerprint density at radius 1 is 1.44 bits per heavy atom. The van der Waals surface area contributed by atoms with E-state index in [1.807, 2.05) is 0 Å². The van der Waals surface area contributed by atoms with Gasteiger partial charge in [0, 0.05) is 6.42 Å². The third-order valence-corrected chi connectivity index (χ3v) is 1.09. The average Bonchev–Trinajstić information content (AvgIpc) is 1.89. The van der Waals surface area contributed by atoms with E-state index in [4.69, 9.17) is 6.42 Å². The minimum atomic E-state index is 0.911. The maximum atomic E-state index is 5.07. The SMILES string of the molecule is C#CCCC/C=C/CC. The molecule has 0 aromatic heterocycles. The van der Waals surface area contributed by atoms with E-state index in [1.165, 1.54) is 0 Å². The molecule has 0 aliphatic carbocycles. The van der Waals surface area contributed by atoms with Crippen molar-refractivity contribution < 1.29 is 0 Å². The van der Waals surface area contributed by atoms with Gasteiger partial charge in [0.2, 0.25) is 0 Å². The van der Waals surface area contributed by atoms with Crippen LogP contribution in [0.1, 0.15) is 32.6 Å². The van der Waals surface area contributed by atoms with Gasteiger partial charge >= 0.3 is 0 Å². The molecule has 0 aliphatic heterocycles.